The number of hydrogen-bond acceptors (Lipinski definition) is 2. The second kappa shape index (κ2) is 3.85. The third-order valence-corrected chi connectivity index (χ3v) is 2.86. The van der Waals surface area contributed by atoms with Crippen LogP contribution in [0.1, 0.15) is 10.4 Å². The van der Waals surface area contributed by atoms with Crippen LogP contribution in [0.15, 0.2) is 24.3 Å². The molecular weight excluding hydrogens is 251 g/mol. The summed E-state index contributed by atoms with van der Waals surface area (Å²) in [5.41, 5.74) is -0.236. The minimum Gasteiger partial charge on any atom is -0.505 e. The number of fused-ring (bicyclic) bond motifs is 1. The molecule has 0 bridgehead atoms. The minimum absolute atomic E-state index is 0.0200. The molecule has 0 atom stereocenters. The standard InChI is InChI=1S/C11H6Cl2O3/c12-6-1-2-7-5(3-6)4-8(11(15)16)10(14)9(7)13/h1-4,14H,(H,15,16). The Morgan fingerprint density at radius 3 is 2.50 bits per heavy atom. The highest BCUT2D eigenvalue weighted by atomic mass is 35.5. The lowest BCUT2D eigenvalue weighted by Crippen LogP contribution is -1.97. The van der Waals surface area contributed by atoms with Gasteiger partial charge in [-0.1, -0.05) is 29.3 Å². The van der Waals surface area contributed by atoms with Crippen LogP contribution in [0, 0.1) is 0 Å². The van der Waals surface area contributed by atoms with Crippen molar-refractivity contribution in [3.63, 3.8) is 0 Å². The Labute approximate surface area is 101 Å². The zero-order valence-electron chi connectivity index (χ0n) is 7.87. The molecule has 3 nitrogen and oxygen atoms in total. The van der Waals surface area contributed by atoms with Gasteiger partial charge in [-0.3, -0.25) is 0 Å². The predicted molar refractivity (Wildman–Crippen MR) is 62.6 cm³/mol. The summed E-state index contributed by atoms with van der Waals surface area (Å²) in [6.45, 7) is 0. The van der Waals surface area contributed by atoms with E-state index in [1.807, 2.05) is 0 Å². The number of benzene rings is 2. The molecule has 5 heteroatoms. The second-order valence-electron chi connectivity index (χ2n) is 3.26. The summed E-state index contributed by atoms with van der Waals surface area (Å²) in [7, 11) is 0. The number of aromatic carboxylic acids is 1. The number of carboxylic acid groups (broad SMARTS) is 1. The van der Waals surface area contributed by atoms with Crippen LogP contribution in [0.2, 0.25) is 10.0 Å². The smallest absolute Gasteiger partial charge is 0.339 e. The Kier molecular flexibility index (Phi) is 2.66. The Balaban J connectivity index is 2.88. The van der Waals surface area contributed by atoms with E-state index >= 15 is 0 Å². The first kappa shape index (κ1) is 11.0. The van der Waals surface area contributed by atoms with Gasteiger partial charge in [-0.15, -0.1) is 0 Å². The van der Waals surface area contributed by atoms with E-state index in [1.54, 1.807) is 18.2 Å². The molecule has 0 aromatic heterocycles. The molecule has 0 radical (unpaired) electrons. The fourth-order valence-corrected chi connectivity index (χ4v) is 1.94. The second-order valence-corrected chi connectivity index (χ2v) is 4.07. The number of aromatic hydroxyl groups is 1. The molecule has 0 spiro atoms. The lowest BCUT2D eigenvalue weighted by Gasteiger charge is -2.06. The summed E-state index contributed by atoms with van der Waals surface area (Å²) in [4.78, 5) is 10.9. The zero-order valence-corrected chi connectivity index (χ0v) is 9.38. The molecule has 16 heavy (non-hydrogen) atoms. The van der Waals surface area contributed by atoms with E-state index in [2.05, 4.69) is 0 Å². The van der Waals surface area contributed by atoms with Gasteiger partial charge in [-0.25, -0.2) is 4.79 Å². The van der Waals surface area contributed by atoms with Crippen LogP contribution in [0.5, 0.6) is 5.75 Å². The number of rotatable bonds is 1. The maximum Gasteiger partial charge on any atom is 0.339 e. The van der Waals surface area contributed by atoms with Gasteiger partial charge in [-0.05, 0) is 23.6 Å². The van der Waals surface area contributed by atoms with E-state index in [9.17, 15) is 9.90 Å². The highest BCUT2D eigenvalue weighted by Crippen LogP contribution is 2.36. The van der Waals surface area contributed by atoms with Gasteiger partial charge in [0, 0.05) is 10.4 Å². The van der Waals surface area contributed by atoms with Crippen molar-refractivity contribution in [3.05, 3.63) is 39.9 Å². The first-order valence-corrected chi connectivity index (χ1v) is 5.10. The van der Waals surface area contributed by atoms with Crippen molar-refractivity contribution in [2.24, 2.45) is 0 Å². The highest BCUT2D eigenvalue weighted by molar-refractivity contribution is 6.38. The Hall–Kier alpha value is -1.45. The largest absolute Gasteiger partial charge is 0.505 e. The molecule has 2 rings (SSSR count). The monoisotopic (exact) mass is 256 g/mol. The first-order valence-electron chi connectivity index (χ1n) is 4.34. The number of hydrogen-bond donors (Lipinski definition) is 2. The van der Waals surface area contributed by atoms with Crippen molar-refractivity contribution in [2.45, 2.75) is 0 Å². The van der Waals surface area contributed by atoms with Gasteiger partial charge in [0.25, 0.3) is 0 Å². The molecular formula is C11H6Cl2O3. The van der Waals surface area contributed by atoms with E-state index in [1.165, 1.54) is 6.07 Å². The van der Waals surface area contributed by atoms with Crippen molar-refractivity contribution in [2.75, 3.05) is 0 Å². The summed E-state index contributed by atoms with van der Waals surface area (Å²) in [5.74, 6) is -1.66. The quantitative estimate of drug-likeness (QED) is 0.821. The van der Waals surface area contributed by atoms with Crippen LogP contribution in [0.4, 0.5) is 0 Å². The molecule has 0 fully saturated rings. The minimum atomic E-state index is -1.23. The van der Waals surface area contributed by atoms with Crippen LogP contribution in [0.3, 0.4) is 0 Å². The Morgan fingerprint density at radius 1 is 1.19 bits per heavy atom. The van der Waals surface area contributed by atoms with E-state index < -0.39 is 11.7 Å². The van der Waals surface area contributed by atoms with Crippen molar-refractivity contribution < 1.29 is 15.0 Å². The zero-order chi connectivity index (χ0) is 11.9. The summed E-state index contributed by atoms with van der Waals surface area (Å²) < 4.78 is 0. The van der Waals surface area contributed by atoms with Crippen LogP contribution < -0.4 is 0 Å². The highest BCUT2D eigenvalue weighted by Gasteiger charge is 2.16. The normalized spacial score (nSPS) is 10.6. The fourth-order valence-electron chi connectivity index (χ4n) is 1.49. The maximum absolute atomic E-state index is 10.9. The molecule has 2 aromatic carbocycles. The fraction of sp³-hybridized carbons (Fsp3) is 0. The van der Waals surface area contributed by atoms with Crippen LogP contribution in [0.25, 0.3) is 10.8 Å². The van der Waals surface area contributed by atoms with Gasteiger partial charge in [0.15, 0.2) is 0 Å². The first-order chi connectivity index (χ1) is 7.50. The number of carboxylic acids is 1. The predicted octanol–water partition coefficient (Wildman–Crippen LogP) is 3.55. The lowest BCUT2D eigenvalue weighted by atomic mass is 10.1. The third-order valence-electron chi connectivity index (χ3n) is 2.24. The number of carbonyl (C=O) groups is 1. The summed E-state index contributed by atoms with van der Waals surface area (Å²) in [6, 6.07) is 6.18. The molecule has 0 saturated carbocycles. The average molecular weight is 257 g/mol. The van der Waals surface area contributed by atoms with Gasteiger partial charge < -0.3 is 10.2 Å². The molecule has 0 aliphatic carbocycles. The number of halogens is 2. The summed E-state index contributed by atoms with van der Waals surface area (Å²) in [5, 5.41) is 20.1. The Morgan fingerprint density at radius 2 is 1.88 bits per heavy atom. The van der Waals surface area contributed by atoms with Crippen molar-refractivity contribution >= 4 is 39.9 Å². The number of phenols is 1. The molecule has 0 heterocycles. The van der Waals surface area contributed by atoms with Crippen molar-refractivity contribution in [3.8, 4) is 5.75 Å². The Bertz CT molecular complexity index is 593. The lowest BCUT2D eigenvalue weighted by molar-refractivity contribution is 0.0694. The van der Waals surface area contributed by atoms with Gasteiger partial charge >= 0.3 is 5.97 Å². The van der Waals surface area contributed by atoms with Crippen molar-refractivity contribution in [1.29, 1.82) is 0 Å². The molecule has 0 saturated heterocycles. The molecule has 0 amide bonds. The van der Waals surface area contributed by atoms with E-state index in [0.29, 0.717) is 15.8 Å². The SMILES string of the molecule is O=C(O)c1cc2cc(Cl)ccc2c(Cl)c1O. The molecule has 0 aliphatic heterocycles. The van der Waals surface area contributed by atoms with Gasteiger partial charge in [0.1, 0.15) is 11.3 Å². The van der Waals surface area contributed by atoms with E-state index in [4.69, 9.17) is 28.3 Å². The van der Waals surface area contributed by atoms with Gasteiger partial charge in [0.05, 0.1) is 5.02 Å². The molecule has 2 aromatic rings. The average Bonchev–Trinajstić information content (AvgIpc) is 2.22. The molecule has 82 valence electrons. The van der Waals surface area contributed by atoms with Gasteiger partial charge in [-0.2, -0.15) is 0 Å². The van der Waals surface area contributed by atoms with E-state index in [-0.39, 0.29) is 10.6 Å². The summed E-state index contributed by atoms with van der Waals surface area (Å²) in [6.07, 6.45) is 0. The molecule has 0 aliphatic rings. The molecule has 2 N–H and O–H groups in total. The topological polar surface area (TPSA) is 57.5 Å². The van der Waals surface area contributed by atoms with Crippen LogP contribution >= 0.6 is 23.2 Å². The maximum atomic E-state index is 10.9. The van der Waals surface area contributed by atoms with Crippen molar-refractivity contribution in [1.82, 2.24) is 0 Å². The summed E-state index contributed by atoms with van der Waals surface area (Å²) >= 11 is 11.7. The van der Waals surface area contributed by atoms with Crippen LogP contribution in [-0.2, 0) is 0 Å². The third kappa shape index (κ3) is 1.68. The van der Waals surface area contributed by atoms with E-state index in [0.717, 1.165) is 0 Å². The van der Waals surface area contributed by atoms with Gasteiger partial charge in [0.2, 0.25) is 0 Å². The molecule has 0 unspecified atom stereocenters. The van der Waals surface area contributed by atoms with Crippen LogP contribution in [-0.4, -0.2) is 16.2 Å².